The van der Waals surface area contributed by atoms with Crippen molar-refractivity contribution in [3.63, 3.8) is 0 Å². The van der Waals surface area contributed by atoms with E-state index < -0.39 is 6.10 Å². The summed E-state index contributed by atoms with van der Waals surface area (Å²) in [6.07, 6.45) is 0.274. The molecule has 0 fully saturated rings. The Labute approximate surface area is 109 Å². The number of benzene rings is 1. The zero-order valence-corrected chi connectivity index (χ0v) is 11.4. The molecule has 1 aromatic rings. The zero-order chi connectivity index (χ0) is 13.5. The molecule has 100 valence electrons. The Kier molecular flexibility index (Phi) is 5.86. The molecule has 0 spiro atoms. The average molecular weight is 249 g/mol. The van der Waals surface area contributed by atoms with Gasteiger partial charge in [0.1, 0.15) is 0 Å². The number of aliphatic hydroxyl groups is 1. The highest BCUT2D eigenvalue weighted by atomic mass is 16.3. The van der Waals surface area contributed by atoms with Gasteiger partial charge in [0.25, 0.3) is 0 Å². The fourth-order valence-electron chi connectivity index (χ4n) is 1.82. The van der Waals surface area contributed by atoms with Crippen LogP contribution in [0.25, 0.3) is 0 Å². The Morgan fingerprint density at radius 3 is 2.39 bits per heavy atom. The highest BCUT2D eigenvalue weighted by Gasteiger charge is 2.19. The van der Waals surface area contributed by atoms with Crippen LogP contribution in [0.1, 0.15) is 38.7 Å². The largest absolute Gasteiger partial charge is 0.391 e. The highest BCUT2D eigenvalue weighted by molar-refractivity contribution is 5.83. The molecule has 1 aromatic carbocycles. The predicted molar refractivity (Wildman–Crippen MR) is 73.3 cm³/mol. The van der Waals surface area contributed by atoms with Crippen LogP contribution in [0.2, 0.25) is 0 Å². The standard InChI is InChI=1S/C15H23NO2/c1-4-13(12-8-6-5-7-9-12)15(18)16-10-14(17)11(2)3/h5-9,11,13-14,17H,4,10H2,1-3H3,(H,16,18). The molecule has 2 unspecified atom stereocenters. The quantitative estimate of drug-likeness (QED) is 0.813. The van der Waals surface area contributed by atoms with Crippen molar-refractivity contribution in [2.24, 2.45) is 5.92 Å². The molecule has 0 aliphatic heterocycles. The van der Waals surface area contributed by atoms with Gasteiger partial charge in [0.15, 0.2) is 0 Å². The van der Waals surface area contributed by atoms with Gasteiger partial charge in [0.2, 0.25) is 5.91 Å². The van der Waals surface area contributed by atoms with E-state index in [0.29, 0.717) is 6.54 Å². The highest BCUT2D eigenvalue weighted by Crippen LogP contribution is 2.19. The molecule has 0 saturated heterocycles. The van der Waals surface area contributed by atoms with Gasteiger partial charge in [0, 0.05) is 6.54 Å². The Balaban J connectivity index is 2.59. The molecule has 0 aliphatic carbocycles. The summed E-state index contributed by atoms with van der Waals surface area (Å²) in [6, 6.07) is 9.75. The number of nitrogens with one attached hydrogen (secondary N) is 1. The minimum atomic E-state index is -0.484. The summed E-state index contributed by atoms with van der Waals surface area (Å²) in [5.41, 5.74) is 1.02. The van der Waals surface area contributed by atoms with Crippen LogP contribution in [-0.2, 0) is 4.79 Å². The van der Waals surface area contributed by atoms with Gasteiger partial charge in [-0.2, -0.15) is 0 Å². The molecule has 0 heterocycles. The molecule has 0 radical (unpaired) electrons. The minimum absolute atomic E-state index is 0.0107. The van der Waals surface area contributed by atoms with E-state index in [-0.39, 0.29) is 17.7 Å². The Morgan fingerprint density at radius 1 is 1.28 bits per heavy atom. The second-order valence-corrected chi connectivity index (χ2v) is 4.93. The van der Waals surface area contributed by atoms with Crippen molar-refractivity contribution < 1.29 is 9.90 Å². The van der Waals surface area contributed by atoms with Crippen molar-refractivity contribution in [3.05, 3.63) is 35.9 Å². The lowest BCUT2D eigenvalue weighted by Crippen LogP contribution is -2.37. The molecule has 3 heteroatoms. The van der Waals surface area contributed by atoms with Crippen LogP contribution in [0.5, 0.6) is 0 Å². The van der Waals surface area contributed by atoms with Gasteiger partial charge >= 0.3 is 0 Å². The number of aliphatic hydroxyl groups excluding tert-OH is 1. The maximum atomic E-state index is 12.1. The lowest BCUT2D eigenvalue weighted by Gasteiger charge is -2.19. The van der Waals surface area contributed by atoms with E-state index in [0.717, 1.165) is 12.0 Å². The molecule has 1 rings (SSSR count). The van der Waals surface area contributed by atoms with E-state index >= 15 is 0 Å². The van der Waals surface area contributed by atoms with Crippen LogP contribution in [-0.4, -0.2) is 23.7 Å². The maximum absolute atomic E-state index is 12.1. The third-order valence-corrected chi connectivity index (χ3v) is 3.18. The smallest absolute Gasteiger partial charge is 0.227 e. The third kappa shape index (κ3) is 4.15. The molecule has 2 atom stereocenters. The summed E-state index contributed by atoms with van der Waals surface area (Å²) in [5, 5.41) is 12.5. The summed E-state index contributed by atoms with van der Waals surface area (Å²) in [7, 11) is 0. The lowest BCUT2D eigenvalue weighted by molar-refractivity contribution is -0.123. The van der Waals surface area contributed by atoms with Crippen molar-refractivity contribution in [2.75, 3.05) is 6.54 Å². The van der Waals surface area contributed by atoms with Gasteiger partial charge in [0.05, 0.1) is 12.0 Å². The Morgan fingerprint density at radius 2 is 1.89 bits per heavy atom. The summed E-state index contributed by atoms with van der Waals surface area (Å²) >= 11 is 0. The molecule has 0 aliphatic rings. The molecule has 3 nitrogen and oxygen atoms in total. The first kappa shape index (κ1) is 14.7. The van der Waals surface area contributed by atoms with Gasteiger partial charge < -0.3 is 10.4 Å². The van der Waals surface area contributed by atoms with Crippen molar-refractivity contribution in [3.8, 4) is 0 Å². The first-order valence-electron chi connectivity index (χ1n) is 6.57. The summed E-state index contributed by atoms with van der Waals surface area (Å²) in [5.74, 6) is 0.0102. The number of hydrogen-bond donors (Lipinski definition) is 2. The van der Waals surface area contributed by atoms with Crippen LogP contribution in [0.15, 0.2) is 30.3 Å². The van der Waals surface area contributed by atoms with Crippen molar-refractivity contribution in [1.29, 1.82) is 0 Å². The van der Waals surface area contributed by atoms with Crippen molar-refractivity contribution in [1.82, 2.24) is 5.32 Å². The minimum Gasteiger partial charge on any atom is -0.391 e. The van der Waals surface area contributed by atoms with E-state index in [9.17, 15) is 9.90 Å². The van der Waals surface area contributed by atoms with Crippen LogP contribution < -0.4 is 5.32 Å². The number of carbonyl (C=O) groups excluding carboxylic acids is 1. The van der Waals surface area contributed by atoms with Crippen LogP contribution >= 0.6 is 0 Å². The van der Waals surface area contributed by atoms with Crippen molar-refractivity contribution in [2.45, 2.75) is 39.2 Å². The number of amides is 1. The van der Waals surface area contributed by atoms with Gasteiger partial charge in [-0.05, 0) is 17.9 Å². The number of rotatable bonds is 6. The van der Waals surface area contributed by atoms with Gasteiger partial charge in [-0.3, -0.25) is 4.79 Å². The monoisotopic (exact) mass is 249 g/mol. The third-order valence-electron chi connectivity index (χ3n) is 3.18. The SMILES string of the molecule is CCC(C(=O)NCC(O)C(C)C)c1ccccc1. The lowest BCUT2D eigenvalue weighted by atomic mass is 9.95. The fourth-order valence-corrected chi connectivity index (χ4v) is 1.82. The second-order valence-electron chi connectivity index (χ2n) is 4.93. The molecular formula is C15H23NO2. The van der Waals surface area contributed by atoms with E-state index in [1.807, 2.05) is 51.1 Å². The van der Waals surface area contributed by atoms with Crippen LogP contribution in [0.4, 0.5) is 0 Å². The summed E-state index contributed by atoms with van der Waals surface area (Å²) < 4.78 is 0. The van der Waals surface area contributed by atoms with Crippen molar-refractivity contribution >= 4 is 5.91 Å². The van der Waals surface area contributed by atoms with Crippen LogP contribution in [0.3, 0.4) is 0 Å². The number of hydrogen-bond acceptors (Lipinski definition) is 2. The molecule has 0 aromatic heterocycles. The second kappa shape index (κ2) is 7.17. The maximum Gasteiger partial charge on any atom is 0.227 e. The Hall–Kier alpha value is -1.35. The number of carbonyl (C=O) groups is 1. The molecule has 1 amide bonds. The Bertz CT molecular complexity index is 362. The van der Waals surface area contributed by atoms with Crippen LogP contribution in [0, 0.1) is 5.92 Å². The molecule has 2 N–H and O–H groups in total. The van der Waals surface area contributed by atoms with Gasteiger partial charge in [-0.1, -0.05) is 51.1 Å². The summed E-state index contributed by atoms with van der Waals surface area (Å²) in [4.78, 5) is 12.1. The van der Waals surface area contributed by atoms with E-state index in [4.69, 9.17) is 0 Å². The normalized spacial score (nSPS) is 14.3. The average Bonchev–Trinajstić information content (AvgIpc) is 2.38. The molecular weight excluding hydrogens is 226 g/mol. The fraction of sp³-hybridized carbons (Fsp3) is 0.533. The topological polar surface area (TPSA) is 49.3 Å². The first-order valence-corrected chi connectivity index (χ1v) is 6.57. The predicted octanol–water partition coefficient (Wildman–Crippen LogP) is 2.31. The summed E-state index contributed by atoms with van der Waals surface area (Å²) in [6.45, 7) is 6.19. The molecule has 0 saturated carbocycles. The zero-order valence-electron chi connectivity index (χ0n) is 11.4. The van der Waals surface area contributed by atoms with E-state index in [1.165, 1.54) is 0 Å². The van der Waals surface area contributed by atoms with E-state index in [1.54, 1.807) is 0 Å². The van der Waals surface area contributed by atoms with Gasteiger partial charge in [-0.15, -0.1) is 0 Å². The molecule has 0 bridgehead atoms. The van der Waals surface area contributed by atoms with Gasteiger partial charge in [-0.25, -0.2) is 0 Å². The van der Waals surface area contributed by atoms with E-state index in [2.05, 4.69) is 5.32 Å². The molecule has 18 heavy (non-hydrogen) atoms. The first-order chi connectivity index (χ1) is 8.56.